The molecule has 1 heterocycles. The molecule has 0 aliphatic carbocycles. The highest BCUT2D eigenvalue weighted by atomic mass is 32.2. The third kappa shape index (κ3) is 2.70. The van der Waals surface area contributed by atoms with Crippen LogP contribution in [-0.4, -0.2) is 21.6 Å². The molecule has 23 heavy (non-hydrogen) atoms. The van der Waals surface area contributed by atoms with Crippen molar-refractivity contribution >= 4 is 15.7 Å². The van der Waals surface area contributed by atoms with Crippen LogP contribution in [0.4, 0.5) is 5.69 Å². The lowest BCUT2D eigenvalue weighted by atomic mass is 10.1. The Hall–Kier alpha value is -2.01. The Kier molecular flexibility index (Phi) is 4.06. The largest absolute Gasteiger partial charge is 0.494 e. The standard InChI is InChI=1S/C18H21NO3S/c1-4-22-17-11-14(3)18(12-13(17)2)23(20,21)19-10-9-15-7-5-6-8-16(15)19/h5-8,11-12H,4,9-10H2,1-3H3. The Labute approximate surface area is 137 Å². The van der Waals surface area contributed by atoms with E-state index in [1.165, 1.54) is 4.31 Å². The van der Waals surface area contributed by atoms with Gasteiger partial charge in [-0.05, 0) is 62.1 Å². The van der Waals surface area contributed by atoms with Gasteiger partial charge >= 0.3 is 0 Å². The molecule has 0 fully saturated rings. The molecule has 0 saturated carbocycles. The highest BCUT2D eigenvalue weighted by Gasteiger charge is 2.32. The van der Waals surface area contributed by atoms with E-state index in [9.17, 15) is 8.42 Å². The average Bonchev–Trinajstić information content (AvgIpc) is 2.95. The van der Waals surface area contributed by atoms with E-state index < -0.39 is 10.0 Å². The number of nitrogens with zero attached hydrogens (tertiary/aromatic N) is 1. The van der Waals surface area contributed by atoms with Gasteiger partial charge in [0, 0.05) is 6.54 Å². The van der Waals surface area contributed by atoms with Gasteiger partial charge in [0.25, 0.3) is 10.0 Å². The van der Waals surface area contributed by atoms with Crippen molar-refractivity contribution in [3.8, 4) is 5.75 Å². The summed E-state index contributed by atoms with van der Waals surface area (Å²) in [7, 11) is -3.56. The minimum Gasteiger partial charge on any atom is -0.494 e. The molecule has 0 N–H and O–H groups in total. The number of hydrogen-bond donors (Lipinski definition) is 0. The maximum Gasteiger partial charge on any atom is 0.264 e. The van der Waals surface area contributed by atoms with E-state index in [-0.39, 0.29) is 0 Å². The number of para-hydroxylation sites is 1. The maximum atomic E-state index is 13.1. The normalized spacial score (nSPS) is 14.0. The Balaban J connectivity index is 2.06. The van der Waals surface area contributed by atoms with E-state index in [0.29, 0.717) is 23.6 Å². The van der Waals surface area contributed by atoms with Crippen molar-refractivity contribution in [2.24, 2.45) is 0 Å². The van der Waals surface area contributed by atoms with Crippen LogP contribution in [0.1, 0.15) is 23.6 Å². The molecular weight excluding hydrogens is 310 g/mol. The lowest BCUT2D eigenvalue weighted by Crippen LogP contribution is -2.29. The van der Waals surface area contributed by atoms with Gasteiger partial charge in [-0.2, -0.15) is 0 Å². The predicted octanol–water partition coefficient (Wildman–Crippen LogP) is 3.45. The Morgan fingerprint density at radius 1 is 1.13 bits per heavy atom. The number of anilines is 1. The number of rotatable bonds is 4. The first-order chi connectivity index (χ1) is 10.9. The molecule has 3 rings (SSSR count). The summed E-state index contributed by atoms with van der Waals surface area (Å²) in [6, 6.07) is 11.2. The second-order valence-corrected chi connectivity index (χ2v) is 7.60. The van der Waals surface area contributed by atoms with Gasteiger partial charge in [0.15, 0.2) is 0 Å². The lowest BCUT2D eigenvalue weighted by Gasteiger charge is -2.21. The molecule has 0 spiro atoms. The zero-order valence-corrected chi connectivity index (χ0v) is 14.5. The Morgan fingerprint density at radius 2 is 1.87 bits per heavy atom. The molecular formula is C18H21NO3S. The van der Waals surface area contributed by atoms with Gasteiger partial charge in [0.05, 0.1) is 17.2 Å². The number of sulfonamides is 1. The number of ether oxygens (including phenoxy) is 1. The van der Waals surface area contributed by atoms with E-state index in [2.05, 4.69) is 0 Å². The van der Waals surface area contributed by atoms with E-state index in [1.807, 2.05) is 51.1 Å². The van der Waals surface area contributed by atoms with Crippen LogP contribution in [0.15, 0.2) is 41.3 Å². The highest BCUT2D eigenvalue weighted by Crippen LogP contribution is 2.35. The van der Waals surface area contributed by atoms with Gasteiger partial charge < -0.3 is 4.74 Å². The number of fused-ring (bicyclic) bond motifs is 1. The number of aryl methyl sites for hydroxylation is 2. The van der Waals surface area contributed by atoms with Gasteiger partial charge in [-0.25, -0.2) is 8.42 Å². The Morgan fingerprint density at radius 3 is 2.61 bits per heavy atom. The van der Waals surface area contributed by atoms with Crippen molar-refractivity contribution in [3.05, 3.63) is 53.1 Å². The minimum absolute atomic E-state index is 0.357. The van der Waals surface area contributed by atoms with Crippen LogP contribution in [0.2, 0.25) is 0 Å². The molecule has 1 aliphatic heterocycles. The van der Waals surface area contributed by atoms with Crippen LogP contribution in [0, 0.1) is 13.8 Å². The second-order valence-electron chi connectivity index (χ2n) is 5.77. The van der Waals surface area contributed by atoms with Crippen molar-refractivity contribution in [3.63, 3.8) is 0 Å². The minimum atomic E-state index is -3.56. The molecule has 0 bridgehead atoms. The van der Waals surface area contributed by atoms with Crippen molar-refractivity contribution in [2.75, 3.05) is 17.5 Å². The molecule has 0 saturated heterocycles. The summed E-state index contributed by atoms with van der Waals surface area (Å²) in [4.78, 5) is 0.357. The van der Waals surface area contributed by atoms with Crippen molar-refractivity contribution in [1.29, 1.82) is 0 Å². The topological polar surface area (TPSA) is 46.6 Å². The summed E-state index contributed by atoms with van der Waals surface area (Å²) in [5, 5.41) is 0. The fourth-order valence-corrected chi connectivity index (χ4v) is 4.83. The van der Waals surface area contributed by atoms with Crippen molar-refractivity contribution in [1.82, 2.24) is 0 Å². The fourth-order valence-electron chi connectivity index (χ4n) is 3.03. The SMILES string of the molecule is CCOc1cc(C)c(S(=O)(=O)N2CCc3ccccc32)cc1C. The van der Waals surface area contributed by atoms with Crippen LogP contribution < -0.4 is 9.04 Å². The smallest absolute Gasteiger partial charge is 0.264 e. The molecule has 0 unspecified atom stereocenters. The first-order valence-electron chi connectivity index (χ1n) is 7.80. The molecule has 5 heteroatoms. The van der Waals surface area contributed by atoms with Crippen molar-refractivity contribution < 1.29 is 13.2 Å². The average molecular weight is 331 g/mol. The van der Waals surface area contributed by atoms with Crippen molar-refractivity contribution in [2.45, 2.75) is 32.1 Å². The molecule has 0 radical (unpaired) electrons. The summed E-state index contributed by atoms with van der Waals surface area (Å²) in [5.74, 6) is 0.741. The Bertz CT molecular complexity index is 843. The zero-order valence-electron chi connectivity index (χ0n) is 13.7. The maximum absolute atomic E-state index is 13.1. The molecule has 122 valence electrons. The highest BCUT2D eigenvalue weighted by molar-refractivity contribution is 7.93. The summed E-state index contributed by atoms with van der Waals surface area (Å²) in [5.41, 5.74) is 3.42. The van der Waals surface area contributed by atoms with Crippen LogP contribution in [0.25, 0.3) is 0 Å². The molecule has 0 aromatic heterocycles. The molecule has 4 nitrogen and oxygen atoms in total. The summed E-state index contributed by atoms with van der Waals surface area (Å²) in [6.45, 7) is 6.66. The van der Waals surface area contributed by atoms with Gasteiger partial charge in [0.2, 0.25) is 0 Å². The molecule has 2 aromatic rings. The van der Waals surface area contributed by atoms with Gasteiger partial charge in [-0.1, -0.05) is 18.2 Å². The first-order valence-corrected chi connectivity index (χ1v) is 9.24. The van der Waals surface area contributed by atoms with Gasteiger partial charge in [-0.3, -0.25) is 4.31 Å². The van der Waals surface area contributed by atoms with Crippen LogP contribution in [0.5, 0.6) is 5.75 Å². The van der Waals surface area contributed by atoms with E-state index in [1.54, 1.807) is 6.07 Å². The van der Waals surface area contributed by atoms with Crippen LogP contribution in [0.3, 0.4) is 0 Å². The monoisotopic (exact) mass is 331 g/mol. The third-order valence-electron chi connectivity index (χ3n) is 4.18. The summed E-state index contributed by atoms with van der Waals surface area (Å²) in [6.07, 6.45) is 0.754. The first kappa shape index (κ1) is 15.9. The molecule has 0 atom stereocenters. The number of benzene rings is 2. The summed E-state index contributed by atoms with van der Waals surface area (Å²) < 4.78 is 33.3. The second kappa shape index (κ2) is 5.89. The zero-order chi connectivity index (χ0) is 16.6. The van der Waals surface area contributed by atoms with E-state index >= 15 is 0 Å². The van der Waals surface area contributed by atoms with E-state index in [0.717, 1.165) is 29.0 Å². The van der Waals surface area contributed by atoms with Crippen LogP contribution >= 0.6 is 0 Å². The quantitative estimate of drug-likeness (QED) is 0.862. The molecule has 1 aliphatic rings. The predicted molar refractivity (Wildman–Crippen MR) is 91.8 cm³/mol. The molecule has 0 amide bonds. The fraction of sp³-hybridized carbons (Fsp3) is 0.333. The third-order valence-corrected chi connectivity index (χ3v) is 6.14. The van der Waals surface area contributed by atoms with Crippen LogP contribution in [-0.2, 0) is 16.4 Å². The molecule has 2 aromatic carbocycles. The number of hydrogen-bond acceptors (Lipinski definition) is 3. The summed E-state index contributed by atoms with van der Waals surface area (Å²) >= 11 is 0. The lowest BCUT2D eigenvalue weighted by molar-refractivity contribution is 0.337. The van der Waals surface area contributed by atoms with Gasteiger partial charge in [-0.15, -0.1) is 0 Å². The van der Waals surface area contributed by atoms with E-state index in [4.69, 9.17) is 4.74 Å². The van der Waals surface area contributed by atoms with Gasteiger partial charge in [0.1, 0.15) is 5.75 Å².